The number of hydrogen-bond acceptors (Lipinski definition) is 5. The molecule has 0 unspecified atom stereocenters. The molecule has 0 aliphatic heterocycles. The van der Waals surface area contributed by atoms with E-state index in [1.165, 1.54) is 31.2 Å². The second-order valence-electron chi connectivity index (χ2n) is 4.11. The summed E-state index contributed by atoms with van der Waals surface area (Å²) in [5.41, 5.74) is 0.283. The minimum Gasteiger partial charge on any atom is -0.295 e. The Morgan fingerprint density at radius 3 is 2.37 bits per heavy atom. The van der Waals surface area contributed by atoms with Crippen molar-refractivity contribution >= 4 is 25.6 Å². The molecule has 1 aromatic rings. The Kier molecular flexibility index (Phi) is 4.83. The summed E-state index contributed by atoms with van der Waals surface area (Å²) in [5, 5.41) is 0. The highest BCUT2D eigenvalue weighted by Gasteiger charge is 2.15. The van der Waals surface area contributed by atoms with Crippen LogP contribution in [0.5, 0.6) is 0 Å². The smallest absolute Gasteiger partial charge is 0.240 e. The summed E-state index contributed by atoms with van der Waals surface area (Å²) in [6, 6.07) is 5.57. The SMILES string of the molecule is CC(=O)c1cccc(S(=O)(=O)NCCS(C)(=O)=O)c1. The third kappa shape index (κ3) is 5.09. The summed E-state index contributed by atoms with van der Waals surface area (Å²) in [5.74, 6) is -0.522. The lowest BCUT2D eigenvalue weighted by Gasteiger charge is -2.07. The molecule has 0 aliphatic rings. The highest BCUT2D eigenvalue weighted by molar-refractivity contribution is 7.91. The van der Waals surface area contributed by atoms with E-state index in [9.17, 15) is 21.6 Å². The van der Waals surface area contributed by atoms with E-state index in [0.717, 1.165) is 6.26 Å². The molecule has 0 spiro atoms. The zero-order valence-corrected chi connectivity index (χ0v) is 12.2. The molecule has 0 aromatic heterocycles. The molecule has 19 heavy (non-hydrogen) atoms. The fourth-order valence-electron chi connectivity index (χ4n) is 1.33. The molecule has 0 saturated heterocycles. The number of benzene rings is 1. The van der Waals surface area contributed by atoms with Crippen LogP contribution in [0.25, 0.3) is 0 Å². The van der Waals surface area contributed by atoms with Crippen LogP contribution in [0.15, 0.2) is 29.2 Å². The van der Waals surface area contributed by atoms with Gasteiger partial charge in [0.15, 0.2) is 5.78 Å². The van der Waals surface area contributed by atoms with E-state index in [0.29, 0.717) is 0 Å². The average molecular weight is 305 g/mol. The van der Waals surface area contributed by atoms with Gasteiger partial charge in [0.05, 0.1) is 10.6 Å². The normalized spacial score (nSPS) is 12.3. The first-order valence-corrected chi connectivity index (χ1v) is 8.94. The van der Waals surface area contributed by atoms with Gasteiger partial charge in [-0.05, 0) is 19.1 Å². The Bertz CT molecular complexity index is 677. The van der Waals surface area contributed by atoms with Crippen molar-refractivity contribution in [1.29, 1.82) is 0 Å². The predicted octanol–water partition coefficient (Wildman–Crippen LogP) is 0.212. The van der Waals surface area contributed by atoms with Gasteiger partial charge in [0.2, 0.25) is 10.0 Å². The molecule has 0 radical (unpaired) electrons. The van der Waals surface area contributed by atoms with Crippen LogP contribution in [0.4, 0.5) is 0 Å². The Labute approximate surface area is 112 Å². The van der Waals surface area contributed by atoms with Crippen LogP contribution < -0.4 is 4.72 Å². The Balaban J connectivity index is 2.89. The number of carbonyl (C=O) groups is 1. The molecule has 0 bridgehead atoms. The number of sulfonamides is 1. The fraction of sp³-hybridized carbons (Fsp3) is 0.364. The topological polar surface area (TPSA) is 97.4 Å². The van der Waals surface area contributed by atoms with Gasteiger partial charge in [-0.15, -0.1) is 0 Å². The van der Waals surface area contributed by atoms with Crippen LogP contribution in [0.3, 0.4) is 0 Å². The second-order valence-corrected chi connectivity index (χ2v) is 8.14. The lowest BCUT2D eigenvalue weighted by atomic mass is 10.2. The largest absolute Gasteiger partial charge is 0.295 e. The number of hydrogen-bond donors (Lipinski definition) is 1. The molecular weight excluding hydrogens is 290 g/mol. The van der Waals surface area contributed by atoms with Crippen LogP contribution in [0.2, 0.25) is 0 Å². The van der Waals surface area contributed by atoms with Crippen LogP contribution in [0.1, 0.15) is 17.3 Å². The van der Waals surface area contributed by atoms with Gasteiger partial charge < -0.3 is 0 Å². The van der Waals surface area contributed by atoms with Crippen molar-refractivity contribution < 1.29 is 21.6 Å². The number of nitrogens with one attached hydrogen (secondary N) is 1. The summed E-state index contributed by atoms with van der Waals surface area (Å²) in [6.45, 7) is 1.13. The molecule has 1 N–H and O–H groups in total. The van der Waals surface area contributed by atoms with Gasteiger partial charge in [0.25, 0.3) is 0 Å². The minimum absolute atomic E-state index is 0.0614. The molecule has 0 saturated carbocycles. The summed E-state index contributed by atoms with van der Waals surface area (Å²) in [4.78, 5) is 11.1. The lowest BCUT2D eigenvalue weighted by molar-refractivity contribution is 0.101. The quantitative estimate of drug-likeness (QED) is 0.758. The monoisotopic (exact) mass is 305 g/mol. The highest BCUT2D eigenvalue weighted by Crippen LogP contribution is 2.11. The van der Waals surface area contributed by atoms with E-state index in [4.69, 9.17) is 0 Å². The number of ketones is 1. The fourth-order valence-corrected chi connectivity index (χ4v) is 3.01. The van der Waals surface area contributed by atoms with Crippen LogP contribution in [0, 0.1) is 0 Å². The molecule has 6 nitrogen and oxygen atoms in total. The van der Waals surface area contributed by atoms with E-state index in [-0.39, 0.29) is 28.5 Å². The maximum Gasteiger partial charge on any atom is 0.240 e. The Morgan fingerprint density at radius 1 is 1.21 bits per heavy atom. The first-order chi connectivity index (χ1) is 8.62. The third-order valence-corrected chi connectivity index (χ3v) is 4.72. The zero-order chi connectivity index (χ0) is 14.7. The van der Waals surface area contributed by atoms with E-state index in [1.807, 2.05) is 0 Å². The zero-order valence-electron chi connectivity index (χ0n) is 10.6. The molecule has 106 valence electrons. The molecule has 8 heteroatoms. The molecule has 1 rings (SSSR count). The van der Waals surface area contributed by atoms with Gasteiger partial charge in [-0.1, -0.05) is 12.1 Å². The van der Waals surface area contributed by atoms with Gasteiger partial charge in [0, 0.05) is 18.4 Å². The first kappa shape index (κ1) is 15.8. The van der Waals surface area contributed by atoms with Crippen molar-refractivity contribution in [3.05, 3.63) is 29.8 Å². The molecular formula is C11H15NO5S2. The molecule has 0 amide bonds. The van der Waals surface area contributed by atoms with Gasteiger partial charge in [-0.3, -0.25) is 4.79 Å². The molecule has 0 heterocycles. The molecule has 0 aliphatic carbocycles. The average Bonchev–Trinajstić information content (AvgIpc) is 2.27. The van der Waals surface area contributed by atoms with E-state index < -0.39 is 19.9 Å². The summed E-state index contributed by atoms with van der Waals surface area (Å²) >= 11 is 0. The van der Waals surface area contributed by atoms with Gasteiger partial charge in [-0.25, -0.2) is 21.6 Å². The number of sulfone groups is 1. The Morgan fingerprint density at radius 2 is 1.84 bits per heavy atom. The van der Waals surface area contributed by atoms with Gasteiger partial charge >= 0.3 is 0 Å². The first-order valence-electron chi connectivity index (χ1n) is 5.40. The van der Waals surface area contributed by atoms with Crippen molar-refractivity contribution in [3.63, 3.8) is 0 Å². The van der Waals surface area contributed by atoms with Crippen molar-refractivity contribution in [1.82, 2.24) is 4.72 Å². The van der Waals surface area contributed by atoms with E-state index in [2.05, 4.69) is 4.72 Å². The summed E-state index contributed by atoms with van der Waals surface area (Å²) in [7, 11) is -7.04. The van der Waals surface area contributed by atoms with E-state index >= 15 is 0 Å². The second kappa shape index (κ2) is 5.81. The van der Waals surface area contributed by atoms with Gasteiger partial charge in [0.1, 0.15) is 9.84 Å². The Hall–Kier alpha value is -1.25. The maximum atomic E-state index is 11.9. The van der Waals surface area contributed by atoms with Crippen molar-refractivity contribution in [2.24, 2.45) is 0 Å². The number of carbonyl (C=O) groups excluding carboxylic acids is 1. The highest BCUT2D eigenvalue weighted by atomic mass is 32.2. The lowest BCUT2D eigenvalue weighted by Crippen LogP contribution is -2.29. The van der Waals surface area contributed by atoms with Crippen LogP contribution in [-0.4, -0.2) is 41.2 Å². The molecule has 0 fully saturated rings. The van der Waals surface area contributed by atoms with Crippen LogP contribution >= 0.6 is 0 Å². The minimum atomic E-state index is -3.81. The number of Topliss-reactive ketones (excluding diaryl/α,β-unsaturated/α-hetero) is 1. The predicted molar refractivity (Wildman–Crippen MR) is 71.3 cm³/mol. The maximum absolute atomic E-state index is 11.9. The summed E-state index contributed by atoms with van der Waals surface area (Å²) < 4.78 is 47.8. The van der Waals surface area contributed by atoms with Crippen molar-refractivity contribution in [3.8, 4) is 0 Å². The standard InChI is InChI=1S/C11H15NO5S2/c1-9(13)10-4-3-5-11(8-10)19(16,17)12-6-7-18(2,14)15/h3-5,8,12H,6-7H2,1-2H3. The van der Waals surface area contributed by atoms with Crippen LogP contribution in [-0.2, 0) is 19.9 Å². The number of rotatable bonds is 6. The van der Waals surface area contributed by atoms with Crippen molar-refractivity contribution in [2.45, 2.75) is 11.8 Å². The third-order valence-electron chi connectivity index (χ3n) is 2.32. The molecule has 0 atom stereocenters. The van der Waals surface area contributed by atoms with Crippen molar-refractivity contribution in [2.75, 3.05) is 18.6 Å². The summed E-state index contributed by atoms with van der Waals surface area (Å²) in [6.07, 6.45) is 1.03. The van der Waals surface area contributed by atoms with E-state index in [1.54, 1.807) is 0 Å². The van der Waals surface area contributed by atoms with Gasteiger partial charge in [-0.2, -0.15) is 0 Å². The molecule has 1 aromatic carbocycles.